The molecule has 0 bridgehead atoms. The van der Waals surface area contributed by atoms with Crippen molar-refractivity contribution >= 4 is 0 Å². The Morgan fingerprint density at radius 2 is 1.22 bits per heavy atom. The molecule has 0 amide bonds. The lowest BCUT2D eigenvalue weighted by Crippen LogP contribution is -2.67. The van der Waals surface area contributed by atoms with Crippen LogP contribution in [0.1, 0.15) is 85.5 Å². The molecule has 0 aromatic carbocycles. The fraction of sp³-hybridized carbons (Fsp3) is 0.960. The Hall–Kier alpha value is -1.22. The molecule has 0 spiro atoms. The summed E-state index contributed by atoms with van der Waals surface area (Å²) in [6.45, 7) is 6.75. The van der Waals surface area contributed by atoms with Crippen LogP contribution in [0.2, 0.25) is 0 Å². The smallest absolute Gasteiger partial charge is 0.189 e. The second-order valence-corrected chi connectivity index (χ2v) is 23.5. The van der Waals surface area contributed by atoms with Gasteiger partial charge >= 0.3 is 0 Å². The van der Waals surface area contributed by atoms with Gasteiger partial charge in [-0.25, -0.2) is 0 Å². The van der Waals surface area contributed by atoms with Crippen LogP contribution < -0.4 is 0 Å². The number of ether oxygens (including phenoxy) is 9. The number of rotatable bonds is 15. The summed E-state index contributed by atoms with van der Waals surface area (Å²) >= 11 is 0. The summed E-state index contributed by atoms with van der Waals surface area (Å²) in [7, 11) is 0. The van der Waals surface area contributed by atoms with Crippen LogP contribution in [-0.4, -0.2) is 244 Å². The lowest BCUT2D eigenvalue weighted by atomic mass is 9.47. The SMILES string of the molecule is C[C@H](CCC1(O)OC2C[C@H]3[C@@H]4CC=C5CC(O[C@@H]6OC(CO)[C@@H](O[C@@H]7OC(CO)[C@@H](O)C(O)C7O)C(O)C6O[C@@H]6OC(O)[C@H](O)C(O)C6O)CC[C@]5(C)[C@H]4CC[C@]3(C)C2[C@@H]1C)CO[C@@H]1OC(CO)[C@@H](O)C(O)C1O. The zero-order chi connectivity index (χ0) is 53.5. The molecule has 5 aliphatic heterocycles. The Morgan fingerprint density at radius 3 is 1.86 bits per heavy atom. The van der Waals surface area contributed by atoms with Gasteiger partial charge in [-0.05, 0) is 91.8 Å². The Bertz CT molecular complexity index is 1920. The second-order valence-electron chi connectivity index (χ2n) is 23.5. The monoisotopic (exact) mass is 1070 g/mol. The van der Waals surface area contributed by atoms with E-state index < -0.39 is 155 Å². The topological polar surface area (TPSA) is 387 Å². The molecule has 0 aromatic heterocycles. The van der Waals surface area contributed by atoms with E-state index in [0.717, 1.165) is 32.1 Å². The number of aliphatic hydroxyl groups excluding tert-OH is 14. The van der Waals surface area contributed by atoms with E-state index in [1.54, 1.807) is 0 Å². The lowest BCUT2D eigenvalue weighted by molar-refractivity contribution is -0.400. The molecular weight excluding hydrogens is 985 g/mol. The Balaban J connectivity index is 0.849. The second kappa shape index (κ2) is 22.4. The highest BCUT2D eigenvalue weighted by atomic mass is 16.8. The van der Waals surface area contributed by atoms with Crippen molar-refractivity contribution in [1.29, 1.82) is 0 Å². The third-order valence-corrected chi connectivity index (χ3v) is 19.2. The fourth-order valence-electron chi connectivity index (χ4n) is 14.8. The van der Waals surface area contributed by atoms with Crippen molar-refractivity contribution in [3.63, 3.8) is 0 Å². The molecule has 9 aliphatic rings. The van der Waals surface area contributed by atoms with E-state index in [-0.39, 0.29) is 41.3 Å². The number of allylic oxidation sites excluding steroid dienone is 1. The number of hydrogen-bond acceptors (Lipinski definition) is 24. The van der Waals surface area contributed by atoms with E-state index >= 15 is 0 Å². The molecule has 24 nitrogen and oxygen atoms in total. The van der Waals surface area contributed by atoms with Crippen molar-refractivity contribution in [1.82, 2.24) is 0 Å². The van der Waals surface area contributed by atoms with Gasteiger partial charge in [-0.3, -0.25) is 0 Å². The van der Waals surface area contributed by atoms with Gasteiger partial charge in [0, 0.05) is 12.3 Å². The summed E-state index contributed by atoms with van der Waals surface area (Å²) < 4.78 is 53.5. The van der Waals surface area contributed by atoms with Gasteiger partial charge in [0.05, 0.1) is 38.6 Å². The average molecular weight is 1070 g/mol. The molecule has 5 saturated heterocycles. The normalized spacial score (nSPS) is 54.9. The fourth-order valence-corrected chi connectivity index (χ4v) is 14.8. The van der Waals surface area contributed by atoms with E-state index in [4.69, 9.17) is 42.6 Å². The van der Waals surface area contributed by atoms with Gasteiger partial charge in [-0.15, -0.1) is 0 Å². The largest absolute Gasteiger partial charge is 0.394 e. The van der Waals surface area contributed by atoms with E-state index in [0.29, 0.717) is 43.4 Å². The number of fused-ring (bicyclic) bond motifs is 7. The van der Waals surface area contributed by atoms with Gasteiger partial charge in [0.1, 0.15) is 91.6 Å². The highest BCUT2D eigenvalue weighted by Gasteiger charge is 2.68. The molecule has 16 unspecified atom stereocenters. The van der Waals surface area contributed by atoms with Gasteiger partial charge in [-0.2, -0.15) is 0 Å². The number of hydrogen-bond donors (Lipinski definition) is 15. The Kier molecular flexibility index (Phi) is 17.4. The lowest BCUT2D eigenvalue weighted by Gasteiger charge is -2.58. The van der Waals surface area contributed by atoms with Crippen molar-refractivity contribution in [2.75, 3.05) is 26.4 Å². The summed E-state index contributed by atoms with van der Waals surface area (Å²) in [5, 5.41) is 158. The van der Waals surface area contributed by atoms with Crippen LogP contribution in [0.4, 0.5) is 0 Å². The van der Waals surface area contributed by atoms with Crippen molar-refractivity contribution in [2.45, 2.75) is 226 Å². The molecule has 31 atom stereocenters. The first-order chi connectivity index (χ1) is 35.0. The molecule has 74 heavy (non-hydrogen) atoms. The minimum atomic E-state index is -2.00. The van der Waals surface area contributed by atoms with Crippen LogP contribution in [0.25, 0.3) is 0 Å². The predicted octanol–water partition coefficient (Wildman–Crippen LogP) is -4.08. The van der Waals surface area contributed by atoms with Crippen molar-refractivity contribution in [2.24, 2.45) is 46.3 Å². The minimum Gasteiger partial charge on any atom is -0.394 e. The van der Waals surface area contributed by atoms with Crippen molar-refractivity contribution in [3.8, 4) is 0 Å². The minimum absolute atomic E-state index is 0.0861. The first-order valence-corrected chi connectivity index (χ1v) is 26.6. The Labute approximate surface area is 429 Å². The van der Waals surface area contributed by atoms with Crippen LogP contribution in [0, 0.1) is 46.3 Å². The van der Waals surface area contributed by atoms with Crippen LogP contribution in [0.3, 0.4) is 0 Å². The maximum atomic E-state index is 12.1. The maximum absolute atomic E-state index is 12.1. The third kappa shape index (κ3) is 10.2. The maximum Gasteiger partial charge on any atom is 0.189 e. The summed E-state index contributed by atoms with van der Waals surface area (Å²) in [6.07, 6.45) is -25.1. The third-order valence-electron chi connectivity index (χ3n) is 19.2. The van der Waals surface area contributed by atoms with Crippen LogP contribution in [0.15, 0.2) is 11.6 Å². The van der Waals surface area contributed by atoms with E-state index in [2.05, 4.69) is 26.8 Å². The van der Waals surface area contributed by atoms with Gasteiger partial charge in [0.25, 0.3) is 0 Å². The molecule has 15 N–H and O–H groups in total. The van der Waals surface area contributed by atoms with E-state index in [1.165, 1.54) is 5.57 Å². The van der Waals surface area contributed by atoms with Gasteiger partial charge in [0.2, 0.25) is 0 Å². The zero-order valence-electron chi connectivity index (χ0n) is 42.3. The standard InChI is InChI=1S/C50H82O24/c1-19(18-66-44-37(60)33(56)31(54)27(15-51)68-44)7-12-50(65)20(2)30-26(74-50)14-25-23-6-5-21-13-22(8-10-48(21,3)24(23)9-11-49(25,30)4)67-47-42(72-46-39(62)35(58)36(59)43(64)73-46)40(63)41(29(17-53)70-47)71-45-38(61)34(57)32(55)28(16-52)69-45/h5,19-20,22-47,51-65H,6-18H2,1-4H3/t19-,20+,22?,23-,24+,25+,26?,27?,28?,29?,30?,31-,32-,33?,34?,35?,36-,37?,38?,39?,40?,41-,42?,43?,44-,45+,46-,47-,48+,49+,50?/m1/s1. The van der Waals surface area contributed by atoms with Gasteiger partial charge in [0.15, 0.2) is 37.2 Å². The molecular formula is C50H82O24. The first kappa shape index (κ1) is 57.5. The van der Waals surface area contributed by atoms with Crippen LogP contribution in [0.5, 0.6) is 0 Å². The zero-order valence-corrected chi connectivity index (χ0v) is 42.3. The molecule has 9 rings (SSSR count). The highest BCUT2D eigenvalue weighted by molar-refractivity contribution is 5.26. The van der Waals surface area contributed by atoms with Gasteiger partial charge in [-0.1, -0.05) is 39.3 Å². The summed E-state index contributed by atoms with van der Waals surface area (Å²) in [4.78, 5) is 0. The quantitative estimate of drug-likeness (QED) is 0.0694. The summed E-state index contributed by atoms with van der Waals surface area (Å²) in [5.41, 5.74) is 0.941. The highest BCUT2D eigenvalue weighted by Crippen LogP contribution is 2.70. The molecule has 3 saturated carbocycles. The van der Waals surface area contributed by atoms with E-state index in [1.807, 2.05) is 6.92 Å². The predicted molar refractivity (Wildman–Crippen MR) is 247 cm³/mol. The number of aliphatic hydroxyl groups is 15. The molecule has 426 valence electrons. The molecule has 24 heteroatoms. The Morgan fingerprint density at radius 1 is 0.635 bits per heavy atom. The molecule has 5 heterocycles. The summed E-state index contributed by atoms with van der Waals surface area (Å²) in [5.74, 6) is -0.417. The summed E-state index contributed by atoms with van der Waals surface area (Å²) in [6, 6.07) is 0. The average Bonchev–Trinajstić information content (AvgIpc) is 3.82. The van der Waals surface area contributed by atoms with Crippen molar-refractivity contribution in [3.05, 3.63) is 11.6 Å². The first-order valence-electron chi connectivity index (χ1n) is 26.6. The molecule has 0 aromatic rings. The molecule has 4 aliphatic carbocycles. The van der Waals surface area contributed by atoms with Crippen molar-refractivity contribution < 1.29 is 119 Å². The van der Waals surface area contributed by atoms with Crippen LogP contribution in [-0.2, 0) is 42.6 Å². The molecule has 0 radical (unpaired) electrons. The van der Waals surface area contributed by atoms with Gasteiger partial charge < -0.3 is 119 Å². The molecule has 8 fully saturated rings. The van der Waals surface area contributed by atoms with Crippen LogP contribution >= 0.6 is 0 Å². The van der Waals surface area contributed by atoms with E-state index in [9.17, 15) is 76.6 Å².